The number of amides is 2. The van der Waals surface area contributed by atoms with Crippen LogP contribution in [0.5, 0.6) is 0 Å². The van der Waals surface area contributed by atoms with Crippen LogP contribution in [0.1, 0.15) is 23.1 Å². The van der Waals surface area contributed by atoms with Gasteiger partial charge in [-0.2, -0.15) is 0 Å². The lowest BCUT2D eigenvalue weighted by atomic mass is 10.0. The van der Waals surface area contributed by atoms with Gasteiger partial charge in [0.1, 0.15) is 28.9 Å². The van der Waals surface area contributed by atoms with Crippen LogP contribution in [-0.4, -0.2) is 39.5 Å². The van der Waals surface area contributed by atoms with Crippen molar-refractivity contribution in [3.63, 3.8) is 0 Å². The average Bonchev–Trinajstić information content (AvgIpc) is 3.25. The first-order chi connectivity index (χ1) is 15.7. The number of nitrogens with one attached hydrogen (secondary N) is 1. The topological polar surface area (TPSA) is 91.1 Å². The molecule has 2 aromatic heterocycles. The highest BCUT2D eigenvalue weighted by Crippen LogP contribution is 2.38. The third kappa shape index (κ3) is 3.36. The van der Waals surface area contributed by atoms with Gasteiger partial charge in [-0.1, -0.05) is 12.1 Å². The van der Waals surface area contributed by atoms with Crippen molar-refractivity contribution >= 4 is 28.6 Å². The molecule has 0 saturated carbocycles. The highest BCUT2D eigenvalue weighted by atomic mass is 19.1. The van der Waals surface area contributed by atoms with E-state index < -0.39 is 5.82 Å². The van der Waals surface area contributed by atoms with Gasteiger partial charge in [0, 0.05) is 29.6 Å². The molecule has 0 bridgehead atoms. The number of H-pyrrole nitrogens is 1. The molecule has 1 aliphatic rings. The van der Waals surface area contributed by atoms with Crippen molar-refractivity contribution < 1.29 is 13.6 Å². The van der Waals surface area contributed by atoms with Crippen molar-refractivity contribution in [3.05, 3.63) is 71.2 Å². The molecule has 168 valence electrons. The van der Waals surface area contributed by atoms with Crippen molar-refractivity contribution in [2.45, 2.75) is 19.9 Å². The summed E-state index contributed by atoms with van der Waals surface area (Å²) in [6.45, 7) is 3.89. The second-order valence-corrected chi connectivity index (χ2v) is 8.24. The minimum atomic E-state index is -0.489. The number of urea groups is 1. The lowest BCUT2D eigenvalue weighted by Crippen LogP contribution is -2.29. The van der Waals surface area contributed by atoms with Gasteiger partial charge in [0.15, 0.2) is 0 Å². The second-order valence-electron chi connectivity index (χ2n) is 8.24. The maximum Gasteiger partial charge on any atom is 0.324 e. The molecule has 33 heavy (non-hydrogen) atoms. The Morgan fingerprint density at radius 2 is 1.82 bits per heavy atom. The lowest BCUT2D eigenvalue weighted by molar-refractivity contribution is 0.219. The highest BCUT2D eigenvalue weighted by Gasteiger charge is 2.36. The molecule has 2 amide bonds. The van der Waals surface area contributed by atoms with Gasteiger partial charge in [0.2, 0.25) is 0 Å². The Hall–Kier alpha value is -4.01. The van der Waals surface area contributed by atoms with Crippen LogP contribution < -0.4 is 10.6 Å². The summed E-state index contributed by atoms with van der Waals surface area (Å²) in [7, 11) is 1.68. The van der Waals surface area contributed by atoms with Gasteiger partial charge in [-0.05, 0) is 49.7 Å². The minimum absolute atomic E-state index is 0.257. The number of likely N-dealkylation sites (N-methyl/N-ethyl adjacent to an activating group) is 1. The summed E-state index contributed by atoms with van der Waals surface area (Å²) >= 11 is 0. The van der Waals surface area contributed by atoms with Crippen molar-refractivity contribution in [2.75, 3.05) is 24.2 Å². The number of aromatic nitrogens is 3. The van der Waals surface area contributed by atoms with Gasteiger partial charge in [-0.25, -0.2) is 23.5 Å². The number of benzene rings is 2. The minimum Gasteiger partial charge on any atom is -0.383 e. The summed E-state index contributed by atoms with van der Waals surface area (Å²) in [4.78, 5) is 27.7. The van der Waals surface area contributed by atoms with Gasteiger partial charge in [-0.3, -0.25) is 4.90 Å². The number of nitrogen functional groups attached to an aromatic ring is 1. The third-order valence-corrected chi connectivity index (χ3v) is 6.12. The molecule has 0 aliphatic carbocycles. The number of hydrogen-bond acceptors (Lipinski definition) is 4. The molecule has 1 atom stereocenters. The third-order valence-electron chi connectivity index (χ3n) is 6.12. The van der Waals surface area contributed by atoms with E-state index >= 15 is 4.39 Å². The maximum atomic E-state index is 15.4. The number of carbonyl (C=O) groups excluding carboxylic acids is 1. The molecular formula is C24H22F2N6O. The molecule has 1 saturated heterocycles. The zero-order chi connectivity index (χ0) is 23.4. The van der Waals surface area contributed by atoms with E-state index in [2.05, 4.69) is 15.0 Å². The number of nitrogens with zero attached hydrogens (tertiary/aromatic N) is 4. The first-order valence-electron chi connectivity index (χ1n) is 10.5. The van der Waals surface area contributed by atoms with Gasteiger partial charge >= 0.3 is 6.03 Å². The summed E-state index contributed by atoms with van der Waals surface area (Å²) in [5.41, 5.74) is 9.59. The fourth-order valence-corrected chi connectivity index (χ4v) is 4.50. The summed E-state index contributed by atoms with van der Waals surface area (Å²) in [5.74, 6) is -0.0269. The summed E-state index contributed by atoms with van der Waals surface area (Å²) in [5, 5.41) is 0.568. The van der Waals surface area contributed by atoms with Crippen LogP contribution >= 0.6 is 0 Å². The molecule has 3 heterocycles. The molecule has 0 spiro atoms. The van der Waals surface area contributed by atoms with E-state index in [1.54, 1.807) is 43.1 Å². The number of aryl methyl sites for hydroxylation is 2. The van der Waals surface area contributed by atoms with Crippen LogP contribution in [0.15, 0.2) is 42.5 Å². The van der Waals surface area contributed by atoms with Crippen LogP contribution in [0.3, 0.4) is 0 Å². The van der Waals surface area contributed by atoms with Crippen LogP contribution in [0.25, 0.3) is 22.2 Å². The van der Waals surface area contributed by atoms with Crippen molar-refractivity contribution in [1.29, 1.82) is 0 Å². The fraction of sp³-hybridized carbons (Fsp3) is 0.208. The molecule has 5 rings (SSSR count). The van der Waals surface area contributed by atoms with Crippen LogP contribution in [0, 0.1) is 25.5 Å². The Kier molecular flexibility index (Phi) is 4.77. The molecular weight excluding hydrogens is 426 g/mol. The van der Waals surface area contributed by atoms with E-state index in [1.165, 1.54) is 23.1 Å². The quantitative estimate of drug-likeness (QED) is 0.475. The molecule has 1 aliphatic heterocycles. The molecule has 3 N–H and O–H groups in total. The predicted octanol–water partition coefficient (Wildman–Crippen LogP) is 4.72. The number of anilines is 2. The number of rotatable bonds is 3. The largest absolute Gasteiger partial charge is 0.383 e. The Balaban J connectivity index is 1.51. The average molecular weight is 448 g/mol. The number of aromatic amines is 1. The Bertz CT molecular complexity index is 1400. The monoisotopic (exact) mass is 448 g/mol. The summed E-state index contributed by atoms with van der Waals surface area (Å²) < 4.78 is 28.7. The van der Waals surface area contributed by atoms with E-state index in [0.717, 1.165) is 11.3 Å². The van der Waals surface area contributed by atoms with Gasteiger partial charge in [-0.15, -0.1) is 0 Å². The Labute approximate surface area is 188 Å². The maximum absolute atomic E-state index is 15.4. The van der Waals surface area contributed by atoms with E-state index in [0.29, 0.717) is 40.2 Å². The SMILES string of the molecule is Cc1nc(N)c2c(-c3ccc(N4CC(c5ccc(F)cc5)N(C)C4=O)cc3F)c(C)[nH]c2n1. The van der Waals surface area contributed by atoms with Gasteiger partial charge in [0.05, 0.1) is 18.0 Å². The van der Waals surface area contributed by atoms with Crippen molar-refractivity contribution in [3.8, 4) is 11.1 Å². The van der Waals surface area contributed by atoms with Crippen molar-refractivity contribution in [2.24, 2.45) is 0 Å². The second kappa shape index (κ2) is 7.54. The number of halogens is 2. The van der Waals surface area contributed by atoms with Crippen molar-refractivity contribution in [1.82, 2.24) is 19.9 Å². The van der Waals surface area contributed by atoms with Gasteiger partial charge in [0.25, 0.3) is 0 Å². The zero-order valence-electron chi connectivity index (χ0n) is 18.4. The van der Waals surface area contributed by atoms with Crippen LogP contribution in [0.4, 0.5) is 25.1 Å². The normalized spacial score (nSPS) is 16.3. The highest BCUT2D eigenvalue weighted by molar-refractivity contribution is 6.02. The Morgan fingerprint density at radius 1 is 1.09 bits per heavy atom. The first kappa shape index (κ1) is 20.9. The molecule has 4 aromatic rings. The van der Waals surface area contributed by atoms with Gasteiger partial charge < -0.3 is 15.6 Å². The van der Waals surface area contributed by atoms with E-state index in [9.17, 15) is 9.18 Å². The molecule has 1 fully saturated rings. The van der Waals surface area contributed by atoms with Crippen LogP contribution in [0.2, 0.25) is 0 Å². The lowest BCUT2D eigenvalue weighted by Gasteiger charge is -2.17. The summed E-state index contributed by atoms with van der Waals surface area (Å²) in [6, 6.07) is 10.2. The molecule has 9 heteroatoms. The summed E-state index contributed by atoms with van der Waals surface area (Å²) in [6.07, 6.45) is 0. The Morgan fingerprint density at radius 3 is 2.52 bits per heavy atom. The molecule has 2 aromatic carbocycles. The first-order valence-corrected chi connectivity index (χ1v) is 10.5. The number of hydrogen-bond donors (Lipinski definition) is 2. The number of nitrogens with two attached hydrogens (primary N) is 1. The predicted molar refractivity (Wildman–Crippen MR) is 123 cm³/mol. The molecule has 0 radical (unpaired) electrons. The van der Waals surface area contributed by atoms with E-state index in [1.807, 2.05) is 6.92 Å². The molecule has 7 nitrogen and oxygen atoms in total. The number of carbonyl (C=O) groups is 1. The standard InChI is InChI=1S/C24H22F2N6O/c1-12-20(21-22(27)29-13(2)30-23(21)28-12)17-9-8-16(10-18(17)26)32-11-19(31(3)24(32)33)14-4-6-15(25)7-5-14/h4-10,19H,11H2,1-3H3,(H3,27,28,29,30). The van der Waals surface area contributed by atoms with E-state index in [-0.39, 0.29) is 23.7 Å². The number of fused-ring (bicyclic) bond motifs is 1. The molecule has 1 unspecified atom stereocenters. The van der Waals surface area contributed by atoms with E-state index in [4.69, 9.17) is 5.73 Å². The fourth-order valence-electron chi connectivity index (χ4n) is 4.50. The smallest absolute Gasteiger partial charge is 0.324 e. The van der Waals surface area contributed by atoms with Crippen LogP contribution in [-0.2, 0) is 0 Å². The zero-order valence-corrected chi connectivity index (χ0v) is 18.4.